The van der Waals surface area contributed by atoms with Crippen LogP contribution >= 0.6 is 23.1 Å². The predicted molar refractivity (Wildman–Crippen MR) is 125 cm³/mol. The Morgan fingerprint density at radius 2 is 2.03 bits per heavy atom. The summed E-state index contributed by atoms with van der Waals surface area (Å²) < 4.78 is 7.61. The number of hydrazone groups is 1. The molecule has 0 radical (unpaired) electrons. The first kappa shape index (κ1) is 20.7. The molecule has 32 heavy (non-hydrogen) atoms. The fraction of sp³-hybridized carbons (Fsp3) is 0.217. The van der Waals surface area contributed by atoms with E-state index < -0.39 is 0 Å². The van der Waals surface area contributed by atoms with Crippen molar-refractivity contribution in [2.45, 2.75) is 31.5 Å². The lowest BCUT2D eigenvalue weighted by Gasteiger charge is -2.19. The molecule has 162 valence electrons. The van der Waals surface area contributed by atoms with Gasteiger partial charge in [-0.25, -0.2) is 5.01 Å². The normalized spacial score (nSPS) is 15.9. The van der Waals surface area contributed by atoms with Gasteiger partial charge in [-0.1, -0.05) is 36.0 Å². The summed E-state index contributed by atoms with van der Waals surface area (Å²) in [6.45, 7) is 3.96. The molecule has 0 saturated heterocycles. The van der Waals surface area contributed by atoms with Gasteiger partial charge in [0.05, 0.1) is 28.3 Å². The zero-order valence-electron chi connectivity index (χ0n) is 17.6. The number of aromatic nitrogens is 3. The van der Waals surface area contributed by atoms with Gasteiger partial charge in [0.15, 0.2) is 5.16 Å². The Bertz CT molecular complexity index is 1260. The van der Waals surface area contributed by atoms with Gasteiger partial charge in [-0.15, -0.1) is 21.5 Å². The molecular formula is C23H21N5O2S2. The number of thiophene rings is 1. The van der Waals surface area contributed by atoms with Crippen LogP contribution in [0.25, 0.3) is 5.69 Å². The molecule has 1 atom stereocenters. The van der Waals surface area contributed by atoms with Crippen LogP contribution in [0.4, 0.5) is 0 Å². The maximum absolute atomic E-state index is 13.3. The largest absolute Gasteiger partial charge is 0.467 e. The molecule has 0 N–H and O–H groups in total. The minimum Gasteiger partial charge on any atom is -0.467 e. The third-order valence-electron chi connectivity index (χ3n) is 5.32. The highest BCUT2D eigenvalue weighted by Crippen LogP contribution is 2.35. The molecule has 9 heteroatoms. The second-order valence-electron chi connectivity index (χ2n) is 7.44. The van der Waals surface area contributed by atoms with Crippen molar-refractivity contribution in [2.24, 2.45) is 5.10 Å². The fourth-order valence-electron chi connectivity index (χ4n) is 3.75. The van der Waals surface area contributed by atoms with Gasteiger partial charge >= 0.3 is 0 Å². The Balaban J connectivity index is 1.38. The number of para-hydroxylation sites is 1. The van der Waals surface area contributed by atoms with Crippen molar-refractivity contribution < 1.29 is 9.21 Å². The molecule has 5 rings (SSSR count). The number of rotatable bonds is 6. The lowest BCUT2D eigenvalue weighted by Crippen LogP contribution is -2.28. The topological polar surface area (TPSA) is 76.5 Å². The van der Waals surface area contributed by atoms with E-state index >= 15 is 0 Å². The molecule has 0 saturated carbocycles. The monoisotopic (exact) mass is 463 g/mol. The molecule has 1 aliphatic rings. The minimum absolute atomic E-state index is 0.0973. The van der Waals surface area contributed by atoms with Crippen molar-refractivity contribution in [2.75, 3.05) is 5.75 Å². The number of carbonyl (C=O) groups is 1. The SMILES string of the molecule is Cc1ccccc1-n1c(C)nnc1SCC(=O)N1N=C(c2cccs2)C[C@@H]1c1ccco1. The summed E-state index contributed by atoms with van der Waals surface area (Å²) in [5.74, 6) is 1.61. The number of hydrogen-bond donors (Lipinski definition) is 0. The van der Waals surface area contributed by atoms with Crippen LogP contribution in [0, 0.1) is 13.8 Å². The van der Waals surface area contributed by atoms with Gasteiger partial charge in [0, 0.05) is 6.42 Å². The van der Waals surface area contributed by atoms with Crippen LogP contribution in [0.1, 0.15) is 34.5 Å². The standard InChI is InChI=1S/C23H21N5O2S2/c1-15-7-3-4-8-18(15)27-16(2)24-25-23(27)32-14-22(29)28-19(20-9-5-11-30-20)13-17(26-28)21-10-6-12-31-21/h3-12,19H,13-14H2,1-2H3/t19-/m1/s1. The Morgan fingerprint density at radius 1 is 1.16 bits per heavy atom. The molecule has 1 aliphatic heterocycles. The van der Waals surface area contributed by atoms with Crippen LogP contribution in [0.5, 0.6) is 0 Å². The number of amides is 1. The lowest BCUT2D eigenvalue weighted by molar-refractivity contribution is -0.130. The maximum atomic E-state index is 13.3. The molecule has 3 aromatic heterocycles. The summed E-state index contributed by atoms with van der Waals surface area (Å²) in [6.07, 6.45) is 2.26. The van der Waals surface area contributed by atoms with Crippen molar-refractivity contribution >= 4 is 34.7 Å². The number of furan rings is 1. The van der Waals surface area contributed by atoms with Gasteiger partial charge in [-0.05, 0) is 49.1 Å². The second-order valence-corrected chi connectivity index (χ2v) is 9.33. The molecule has 4 aromatic rings. The van der Waals surface area contributed by atoms with Crippen LogP contribution in [-0.4, -0.2) is 37.1 Å². The summed E-state index contributed by atoms with van der Waals surface area (Å²) >= 11 is 2.99. The first-order valence-electron chi connectivity index (χ1n) is 10.2. The average Bonchev–Trinajstić information content (AvgIpc) is 3.59. The lowest BCUT2D eigenvalue weighted by atomic mass is 10.1. The molecule has 4 heterocycles. The van der Waals surface area contributed by atoms with Gasteiger partial charge in [0.2, 0.25) is 0 Å². The van der Waals surface area contributed by atoms with Crippen molar-refractivity contribution in [3.05, 3.63) is 82.2 Å². The van der Waals surface area contributed by atoms with Crippen LogP contribution in [0.2, 0.25) is 0 Å². The van der Waals surface area contributed by atoms with Crippen LogP contribution in [-0.2, 0) is 4.79 Å². The summed E-state index contributed by atoms with van der Waals surface area (Å²) in [4.78, 5) is 14.3. The Morgan fingerprint density at radius 3 is 2.78 bits per heavy atom. The number of hydrogen-bond acceptors (Lipinski definition) is 7. The van der Waals surface area contributed by atoms with E-state index in [2.05, 4.69) is 15.3 Å². The summed E-state index contributed by atoms with van der Waals surface area (Å²) in [7, 11) is 0. The Hall–Kier alpha value is -3.17. The first-order chi connectivity index (χ1) is 15.6. The average molecular weight is 464 g/mol. The van der Waals surface area contributed by atoms with Gasteiger partial charge in [0.25, 0.3) is 5.91 Å². The number of thioether (sulfide) groups is 1. The van der Waals surface area contributed by atoms with Gasteiger partial charge < -0.3 is 4.42 Å². The number of carbonyl (C=O) groups excluding carboxylic acids is 1. The summed E-state index contributed by atoms with van der Waals surface area (Å²) in [5, 5.41) is 17.5. The molecule has 7 nitrogen and oxygen atoms in total. The molecular weight excluding hydrogens is 442 g/mol. The highest BCUT2D eigenvalue weighted by atomic mass is 32.2. The van der Waals surface area contributed by atoms with E-state index in [9.17, 15) is 4.79 Å². The molecule has 0 unspecified atom stereocenters. The van der Waals surface area contributed by atoms with Crippen molar-refractivity contribution in [3.63, 3.8) is 0 Å². The van der Waals surface area contributed by atoms with E-state index in [0.717, 1.165) is 33.4 Å². The van der Waals surface area contributed by atoms with Gasteiger partial charge in [-0.2, -0.15) is 5.10 Å². The summed E-state index contributed by atoms with van der Waals surface area (Å²) in [6, 6.07) is 15.6. The maximum Gasteiger partial charge on any atom is 0.253 e. The summed E-state index contributed by atoms with van der Waals surface area (Å²) in [5.41, 5.74) is 3.03. The minimum atomic E-state index is -0.244. The van der Waals surface area contributed by atoms with E-state index in [1.54, 1.807) is 22.6 Å². The Labute approximate surface area is 193 Å². The molecule has 0 fully saturated rings. The van der Waals surface area contributed by atoms with E-state index in [4.69, 9.17) is 4.42 Å². The van der Waals surface area contributed by atoms with Crippen molar-refractivity contribution in [3.8, 4) is 5.69 Å². The molecule has 0 aliphatic carbocycles. The van der Waals surface area contributed by atoms with Crippen LogP contribution < -0.4 is 0 Å². The van der Waals surface area contributed by atoms with Crippen LogP contribution in [0.15, 0.2) is 74.8 Å². The number of aryl methyl sites for hydroxylation is 2. The highest BCUT2D eigenvalue weighted by molar-refractivity contribution is 7.99. The molecule has 0 bridgehead atoms. The number of nitrogens with zero attached hydrogens (tertiary/aromatic N) is 5. The molecule has 1 aromatic carbocycles. The zero-order chi connectivity index (χ0) is 22.1. The number of benzene rings is 1. The van der Waals surface area contributed by atoms with Crippen molar-refractivity contribution in [1.29, 1.82) is 0 Å². The predicted octanol–water partition coefficient (Wildman–Crippen LogP) is 5.01. The molecule has 1 amide bonds. The van der Waals surface area contributed by atoms with E-state index in [1.165, 1.54) is 11.8 Å². The third kappa shape index (κ3) is 3.89. The van der Waals surface area contributed by atoms with Gasteiger partial charge in [-0.3, -0.25) is 9.36 Å². The first-order valence-corrected chi connectivity index (χ1v) is 12.1. The van der Waals surface area contributed by atoms with Crippen LogP contribution in [0.3, 0.4) is 0 Å². The highest BCUT2D eigenvalue weighted by Gasteiger charge is 2.35. The fourth-order valence-corrected chi connectivity index (χ4v) is 5.32. The quantitative estimate of drug-likeness (QED) is 0.376. The zero-order valence-corrected chi connectivity index (χ0v) is 19.3. The van der Waals surface area contributed by atoms with Crippen molar-refractivity contribution in [1.82, 2.24) is 19.8 Å². The molecule has 0 spiro atoms. The second kappa shape index (κ2) is 8.76. The van der Waals surface area contributed by atoms with E-state index in [0.29, 0.717) is 11.6 Å². The van der Waals surface area contributed by atoms with E-state index in [1.807, 2.05) is 72.3 Å². The van der Waals surface area contributed by atoms with Gasteiger partial charge in [0.1, 0.15) is 17.6 Å². The third-order valence-corrected chi connectivity index (χ3v) is 7.15. The smallest absolute Gasteiger partial charge is 0.253 e. The van der Waals surface area contributed by atoms with E-state index in [-0.39, 0.29) is 17.7 Å². The Kier molecular flexibility index (Phi) is 5.67.